The maximum Gasteiger partial charge on any atom is 0.410 e. The third kappa shape index (κ3) is 8.70. The monoisotopic (exact) mass is 791 g/mol. The number of fused-ring (bicyclic) bond motifs is 3. The molecule has 1 aromatic rings. The highest BCUT2D eigenvalue weighted by atomic mass is 79.9. The van der Waals surface area contributed by atoms with Crippen molar-refractivity contribution in [1.29, 1.82) is 0 Å². The summed E-state index contributed by atoms with van der Waals surface area (Å²) in [5.74, 6) is -2.49. The van der Waals surface area contributed by atoms with Crippen LogP contribution in [0.5, 0.6) is 0 Å². The fraction of sp³-hybridized carbons (Fsp3) is 0.629. The van der Waals surface area contributed by atoms with Gasteiger partial charge in [0.05, 0.1) is 11.8 Å². The molecule has 0 spiro atoms. The van der Waals surface area contributed by atoms with E-state index in [1.54, 1.807) is 25.7 Å². The van der Waals surface area contributed by atoms with Crippen LogP contribution in [-0.4, -0.2) is 89.2 Å². The van der Waals surface area contributed by atoms with E-state index in [0.717, 1.165) is 28.4 Å². The molecule has 0 radical (unpaired) electrons. The number of alkyl carbamates (subject to hydrolysis) is 1. The predicted octanol–water partition coefficient (Wildman–Crippen LogP) is 3.77. The van der Waals surface area contributed by atoms with Crippen LogP contribution in [-0.2, 0) is 47.0 Å². The first-order valence-corrected chi connectivity index (χ1v) is 20.0. The van der Waals surface area contributed by atoms with Crippen LogP contribution in [0.2, 0.25) is 0 Å². The number of carbonyl (C=O) groups is 5. The number of nitrogens with one attached hydrogen (secondary N) is 3. The van der Waals surface area contributed by atoms with Gasteiger partial charge >= 0.3 is 12.2 Å². The maximum absolute atomic E-state index is 14.3. The van der Waals surface area contributed by atoms with Crippen LogP contribution >= 0.6 is 15.9 Å². The SMILES string of the molecule is CC(C)(C)OC(=O)N[C@H]1CCCCC/C=C\[C@@H]2C[C@@]2(C(=O)NS(=O)(=O)C2CC2)NC(=O)[C@@H]2C[C@@H](OC(=O)N3Cc4ccc(Br)cc4C3)CN2C1=O. The molecule has 1 aromatic carbocycles. The lowest BCUT2D eigenvalue weighted by molar-refractivity contribution is -0.141. The average Bonchev–Trinajstić information content (AvgIpc) is 3.93. The first-order valence-electron chi connectivity index (χ1n) is 17.6. The minimum Gasteiger partial charge on any atom is -0.444 e. The minimum absolute atomic E-state index is 0.0621. The van der Waals surface area contributed by atoms with Crippen molar-refractivity contribution in [2.45, 2.75) is 126 Å². The Morgan fingerprint density at radius 1 is 1.04 bits per heavy atom. The number of halogens is 1. The number of amides is 5. The fourth-order valence-corrected chi connectivity index (χ4v) is 8.78. The average molecular weight is 793 g/mol. The number of hydrogen-bond donors (Lipinski definition) is 3. The third-order valence-corrected chi connectivity index (χ3v) is 12.3. The largest absolute Gasteiger partial charge is 0.444 e. The second-order valence-corrected chi connectivity index (χ2v) is 18.1. The van der Waals surface area contributed by atoms with Crippen molar-refractivity contribution in [3.8, 4) is 0 Å². The van der Waals surface area contributed by atoms with Crippen LogP contribution < -0.4 is 15.4 Å². The molecule has 51 heavy (non-hydrogen) atoms. The van der Waals surface area contributed by atoms with Gasteiger partial charge in [0, 0.05) is 29.9 Å². The lowest BCUT2D eigenvalue weighted by atomic mass is 10.0. The van der Waals surface area contributed by atoms with Gasteiger partial charge in [0.15, 0.2) is 0 Å². The lowest BCUT2D eigenvalue weighted by Crippen LogP contribution is -2.58. The molecule has 0 unspecified atom stereocenters. The standard InChI is InChI=1S/C35H46BrN5O9S/c1-34(2,3)50-32(45)37-27-10-8-6-4-5-7-9-23-17-35(23,31(44)39-51(47,48)26-13-14-26)38-29(42)28-16-25(20-41(28)30(27)43)49-33(46)40-18-21-11-12-24(36)15-22(21)19-40/h7,9,11-12,15,23,25-28H,4-6,8,10,13-14,16-20H2,1-3H3,(H,37,45)(H,38,42)(H,39,44)/b9-7-/t23-,25-,27+,28+,35-/m1/s1. The number of hydrogen-bond acceptors (Lipinski definition) is 9. The molecule has 3 aliphatic heterocycles. The molecule has 2 saturated carbocycles. The lowest BCUT2D eigenvalue weighted by Gasteiger charge is -2.30. The highest BCUT2D eigenvalue weighted by Gasteiger charge is 2.62. The van der Waals surface area contributed by atoms with E-state index >= 15 is 0 Å². The molecule has 16 heteroatoms. The number of sulfonamides is 1. The van der Waals surface area contributed by atoms with E-state index in [4.69, 9.17) is 9.47 Å². The Kier molecular flexibility index (Phi) is 10.5. The minimum atomic E-state index is -3.90. The molecule has 2 aliphatic carbocycles. The maximum atomic E-state index is 14.3. The van der Waals surface area contributed by atoms with E-state index in [0.29, 0.717) is 38.8 Å². The second-order valence-electron chi connectivity index (χ2n) is 15.2. The van der Waals surface area contributed by atoms with Crippen molar-refractivity contribution in [2.24, 2.45) is 5.92 Å². The molecule has 14 nitrogen and oxygen atoms in total. The van der Waals surface area contributed by atoms with Crippen LogP contribution in [0.1, 0.15) is 89.7 Å². The smallest absolute Gasteiger partial charge is 0.410 e. The highest BCUT2D eigenvalue weighted by molar-refractivity contribution is 9.10. The Hall–Kier alpha value is -3.66. The summed E-state index contributed by atoms with van der Waals surface area (Å²) in [6.45, 7) is 5.69. The van der Waals surface area contributed by atoms with E-state index in [-0.39, 0.29) is 25.8 Å². The second kappa shape index (κ2) is 14.4. The van der Waals surface area contributed by atoms with Gasteiger partial charge in [0.1, 0.15) is 29.3 Å². The van der Waals surface area contributed by atoms with E-state index in [9.17, 15) is 32.4 Å². The summed E-state index contributed by atoms with van der Waals surface area (Å²) in [4.78, 5) is 71.2. The van der Waals surface area contributed by atoms with Crippen molar-refractivity contribution < 1.29 is 41.9 Å². The van der Waals surface area contributed by atoms with Crippen molar-refractivity contribution in [2.75, 3.05) is 6.54 Å². The Labute approximate surface area is 306 Å². The summed E-state index contributed by atoms with van der Waals surface area (Å²) in [5, 5.41) is 4.87. The summed E-state index contributed by atoms with van der Waals surface area (Å²) in [5.41, 5.74) is -0.377. The van der Waals surface area contributed by atoms with Gasteiger partial charge in [0.2, 0.25) is 21.8 Å². The highest BCUT2D eigenvalue weighted by Crippen LogP contribution is 2.46. The van der Waals surface area contributed by atoms with Crippen molar-refractivity contribution in [3.05, 3.63) is 46.0 Å². The molecule has 5 aliphatic rings. The molecule has 3 fully saturated rings. The third-order valence-electron chi connectivity index (χ3n) is 9.95. The summed E-state index contributed by atoms with van der Waals surface area (Å²) in [6, 6.07) is 3.56. The number of ether oxygens (including phenoxy) is 2. The van der Waals surface area contributed by atoms with Gasteiger partial charge in [0.25, 0.3) is 5.91 Å². The van der Waals surface area contributed by atoms with Crippen LogP contribution in [0.4, 0.5) is 9.59 Å². The Morgan fingerprint density at radius 2 is 1.78 bits per heavy atom. The summed E-state index contributed by atoms with van der Waals surface area (Å²) in [7, 11) is -3.90. The summed E-state index contributed by atoms with van der Waals surface area (Å²) < 4.78 is 39.9. The first kappa shape index (κ1) is 37.1. The van der Waals surface area contributed by atoms with E-state index < -0.39 is 80.4 Å². The molecular weight excluding hydrogens is 746 g/mol. The Balaban J connectivity index is 1.25. The van der Waals surface area contributed by atoms with Crippen LogP contribution in [0.15, 0.2) is 34.8 Å². The molecule has 6 rings (SSSR count). The Bertz CT molecular complexity index is 1730. The number of rotatable bonds is 5. The van der Waals surface area contributed by atoms with Gasteiger partial charge in [-0.05, 0) is 82.6 Å². The molecule has 1 saturated heterocycles. The molecule has 278 valence electrons. The van der Waals surface area contributed by atoms with E-state index in [2.05, 4.69) is 31.3 Å². The molecule has 3 heterocycles. The zero-order valence-electron chi connectivity index (χ0n) is 29.1. The number of carbonyl (C=O) groups excluding carboxylic acids is 5. The molecule has 3 N–H and O–H groups in total. The first-order chi connectivity index (χ1) is 24.0. The Morgan fingerprint density at radius 3 is 2.51 bits per heavy atom. The zero-order valence-corrected chi connectivity index (χ0v) is 31.5. The molecule has 0 aromatic heterocycles. The van der Waals surface area contributed by atoms with Crippen molar-refractivity contribution in [1.82, 2.24) is 25.2 Å². The van der Waals surface area contributed by atoms with Gasteiger partial charge in [-0.3, -0.25) is 24.0 Å². The van der Waals surface area contributed by atoms with Crippen molar-refractivity contribution >= 4 is 55.9 Å². The summed E-state index contributed by atoms with van der Waals surface area (Å²) >= 11 is 3.46. The van der Waals surface area contributed by atoms with E-state index in [1.807, 2.05) is 30.4 Å². The van der Waals surface area contributed by atoms with Crippen LogP contribution in [0.25, 0.3) is 0 Å². The number of allylic oxidation sites excluding steroid dienone is 1. The molecular formula is C35H46BrN5O9S. The molecule has 5 amide bonds. The zero-order chi connectivity index (χ0) is 36.7. The topological polar surface area (TPSA) is 181 Å². The van der Waals surface area contributed by atoms with Gasteiger partial charge in [-0.15, -0.1) is 0 Å². The molecule has 5 atom stereocenters. The number of benzene rings is 1. The fourth-order valence-electron chi connectivity index (χ4n) is 7.01. The van der Waals surface area contributed by atoms with Gasteiger partial charge in [-0.25, -0.2) is 18.0 Å². The van der Waals surface area contributed by atoms with Crippen LogP contribution in [0, 0.1) is 5.92 Å². The normalized spacial score (nSPS) is 28.9. The number of nitrogens with zero attached hydrogens (tertiary/aromatic N) is 2. The van der Waals surface area contributed by atoms with Gasteiger partial charge < -0.3 is 25.0 Å². The predicted molar refractivity (Wildman–Crippen MR) is 188 cm³/mol. The van der Waals surface area contributed by atoms with E-state index in [1.165, 1.54) is 4.90 Å². The quantitative estimate of drug-likeness (QED) is 0.375. The molecule has 0 bridgehead atoms. The van der Waals surface area contributed by atoms with Crippen LogP contribution in [0.3, 0.4) is 0 Å². The summed E-state index contributed by atoms with van der Waals surface area (Å²) in [6.07, 6.45) is 5.66. The van der Waals surface area contributed by atoms with Gasteiger partial charge in [-0.1, -0.05) is 47.0 Å². The van der Waals surface area contributed by atoms with Gasteiger partial charge in [-0.2, -0.15) is 0 Å². The van der Waals surface area contributed by atoms with Crippen molar-refractivity contribution in [3.63, 3.8) is 0 Å².